The molecule has 0 aromatic heterocycles. The zero-order valence-corrected chi connectivity index (χ0v) is 8.23. The third kappa shape index (κ3) is 1.80. The first-order valence-electron chi connectivity index (χ1n) is 4.19. The summed E-state index contributed by atoms with van der Waals surface area (Å²) in [6, 6.07) is 3.87. The van der Waals surface area contributed by atoms with Crippen molar-refractivity contribution in [3.8, 4) is 0 Å². The Kier molecular flexibility index (Phi) is 2.56. The van der Waals surface area contributed by atoms with Crippen LogP contribution < -0.4 is 11.1 Å². The fraction of sp³-hybridized carbons (Fsp3) is 0.300. The molecule has 4 N–H and O–H groups in total. The maximum atomic E-state index is 7.57. The molecule has 0 spiro atoms. The van der Waals surface area contributed by atoms with Gasteiger partial charge >= 0.3 is 0 Å². The van der Waals surface area contributed by atoms with Crippen molar-refractivity contribution >= 4 is 17.1 Å². The molecular formula is C10H15N3. The number of anilines is 2. The Morgan fingerprint density at radius 2 is 2.08 bits per heavy atom. The molecule has 0 unspecified atom stereocenters. The molecular weight excluding hydrogens is 162 g/mol. The van der Waals surface area contributed by atoms with Gasteiger partial charge in [-0.3, -0.25) is 0 Å². The van der Waals surface area contributed by atoms with E-state index in [1.165, 1.54) is 0 Å². The number of hydrogen-bond donors (Lipinski definition) is 3. The molecule has 3 nitrogen and oxygen atoms in total. The second-order valence-corrected chi connectivity index (χ2v) is 3.15. The van der Waals surface area contributed by atoms with Crippen molar-refractivity contribution in [2.45, 2.75) is 13.8 Å². The van der Waals surface area contributed by atoms with Crippen LogP contribution in [0.2, 0.25) is 0 Å². The highest BCUT2D eigenvalue weighted by Crippen LogP contribution is 2.24. The summed E-state index contributed by atoms with van der Waals surface area (Å²) in [5, 5.41) is 10.6. The molecule has 0 aliphatic rings. The summed E-state index contributed by atoms with van der Waals surface area (Å²) in [6.07, 6.45) is 0. The second-order valence-electron chi connectivity index (χ2n) is 3.15. The Balaban J connectivity index is 3.38. The quantitative estimate of drug-likeness (QED) is 0.478. The monoisotopic (exact) mass is 177 g/mol. The van der Waals surface area contributed by atoms with Crippen LogP contribution in [0.3, 0.4) is 0 Å². The first kappa shape index (κ1) is 9.58. The number of hydrogen-bond acceptors (Lipinski definition) is 3. The van der Waals surface area contributed by atoms with E-state index in [1.807, 2.05) is 26.1 Å². The van der Waals surface area contributed by atoms with Crippen molar-refractivity contribution in [1.29, 1.82) is 5.41 Å². The van der Waals surface area contributed by atoms with E-state index in [-0.39, 0.29) is 0 Å². The number of nitrogen functional groups attached to an aromatic ring is 1. The van der Waals surface area contributed by atoms with Crippen molar-refractivity contribution in [2.75, 3.05) is 18.1 Å². The van der Waals surface area contributed by atoms with Gasteiger partial charge in [0.1, 0.15) is 0 Å². The molecule has 0 saturated heterocycles. The summed E-state index contributed by atoms with van der Waals surface area (Å²) < 4.78 is 0. The van der Waals surface area contributed by atoms with Gasteiger partial charge in [0.15, 0.2) is 0 Å². The molecule has 3 heteroatoms. The molecule has 0 aliphatic heterocycles. The standard InChI is InChI=1S/C10H15N3/c1-6-4-8(12)10(7(2)11)9(5-6)13-3/h4-5,11,13H,12H2,1-3H3. The first-order valence-corrected chi connectivity index (χ1v) is 4.19. The van der Waals surface area contributed by atoms with E-state index in [2.05, 4.69) is 5.32 Å². The minimum absolute atomic E-state index is 0.488. The summed E-state index contributed by atoms with van der Waals surface area (Å²) in [7, 11) is 1.83. The summed E-state index contributed by atoms with van der Waals surface area (Å²) >= 11 is 0. The van der Waals surface area contributed by atoms with Gasteiger partial charge in [-0.25, -0.2) is 0 Å². The fourth-order valence-corrected chi connectivity index (χ4v) is 1.43. The molecule has 0 aliphatic carbocycles. The predicted octanol–water partition coefficient (Wildman–Crippen LogP) is 2.01. The van der Waals surface area contributed by atoms with E-state index in [0.717, 1.165) is 16.8 Å². The lowest BCUT2D eigenvalue weighted by atomic mass is 10.0. The van der Waals surface area contributed by atoms with Crippen molar-refractivity contribution < 1.29 is 0 Å². The van der Waals surface area contributed by atoms with Gasteiger partial charge in [0.2, 0.25) is 0 Å². The molecule has 0 saturated carbocycles. The molecule has 0 fully saturated rings. The third-order valence-corrected chi connectivity index (χ3v) is 1.96. The lowest BCUT2D eigenvalue weighted by molar-refractivity contribution is 1.39. The topological polar surface area (TPSA) is 61.9 Å². The van der Waals surface area contributed by atoms with Gasteiger partial charge in [-0.2, -0.15) is 0 Å². The van der Waals surface area contributed by atoms with Gasteiger partial charge in [-0.1, -0.05) is 0 Å². The summed E-state index contributed by atoms with van der Waals surface area (Å²) in [4.78, 5) is 0. The summed E-state index contributed by atoms with van der Waals surface area (Å²) in [5.74, 6) is 0. The first-order chi connectivity index (χ1) is 6.06. The van der Waals surface area contributed by atoms with E-state index in [0.29, 0.717) is 11.4 Å². The van der Waals surface area contributed by atoms with Crippen molar-refractivity contribution in [2.24, 2.45) is 0 Å². The van der Waals surface area contributed by atoms with Gasteiger partial charge in [-0.05, 0) is 31.5 Å². The highest BCUT2D eigenvalue weighted by molar-refractivity contribution is 6.06. The van der Waals surface area contributed by atoms with Gasteiger partial charge in [0.25, 0.3) is 0 Å². The van der Waals surface area contributed by atoms with E-state index >= 15 is 0 Å². The number of nitrogens with one attached hydrogen (secondary N) is 2. The predicted molar refractivity (Wildman–Crippen MR) is 57.6 cm³/mol. The molecule has 0 radical (unpaired) electrons. The van der Waals surface area contributed by atoms with Gasteiger partial charge < -0.3 is 16.5 Å². The van der Waals surface area contributed by atoms with Crippen LogP contribution in [0.25, 0.3) is 0 Å². The largest absolute Gasteiger partial charge is 0.398 e. The lowest BCUT2D eigenvalue weighted by Crippen LogP contribution is -2.05. The van der Waals surface area contributed by atoms with Crippen LogP contribution in [0.1, 0.15) is 18.1 Å². The zero-order chi connectivity index (χ0) is 10.0. The van der Waals surface area contributed by atoms with Crippen LogP contribution in [-0.2, 0) is 0 Å². The van der Waals surface area contributed by atoms with Crippen LogP contribution in [0.15, 0.2) is 12.1 Å². The Bertz CT molecular complexity index is 342. The van der Waals surface area contributed by atoms with Crippen LogP contribution in [0, 0.1) is 12.3 Å². The molecule has 0 amide bonds. The lowest BCUT2D eigenvalue weighted by Gasteiger charge is -2.11. The van der Waals surface area contributed by atoms with E-state index in [1.54, 1.807) is 6.92 Å². The Labute approximate surface area is 78.5 Å². The molecule has 0 heterocycles. The second kappa shape index (κ2) is 3.47. The highest BCUT2D eigenvalue weighted by atomic mass is 14.8. The molecule has 1 aromatic carbocycles. The van der Waals surface area contributed by atoms with E-state index < -0.39 is 0 Å². The number of nitrogens with two attached hydrogens (primary N) is 1. The maximum absolute atomic E-state index is 7.57. The summed E-state index contributed by atoms with van der Waals surface area (Å²) in [6.45, 7) is 3.72. The molecule has 0 bridgehead atoms. The smallest absolute Gasteiger partial charge is 0.0452 e. The van der Waals surface area contributed by atoms with Gasteiger partial charge in [0.05, 0.1) is 0 Å². The Morgan fingerprint density at radius 3 is 2.54 bits per heavy atom. The number of benzene rings is 1. The maximum Gasteiger partial charge on any atom is 0.0452 e. The molecule has 0 atom stereocenters. The van der Waals surface area contributed by atoms with E-state index in [9.17, 15) is 0 Å². The van der Waals surface area contributed by atoms with Gasteiger partial charge in [0, 0.05) is 29.7 Å². The van der Waals surface area contributed by atoms with Crippen LogP contribution in [-0.4, -0.2) is 12.8 Å². The van der Waals surface area contributed by atoms with Gasteiger partial charge in [-0.15, -0.1) is 0 Å². The highest BCUT2D eigenvalue weighted by Gasteiger charge is 2.07. The SMILES string of the molecule is CNc1cc(C)cc(N)c1C(C)=N. The number of rotatable bonds is 2. The zero-order valence-electron chi connectivity index (χ0n) is 8.23. The average molecular weight is 177 g/mol. The Hall–Kier alpha value is -1.51. The van der Waals surface area contributed by atoms with E-state index in [4.69, 9.17) is 11.1 Å². The molecule has 13 heavy (non-hydrogen) atoms. The molecule has 1 aromatic rings. The minimum Gasteiger partial charge on any atom is -0.398 e. The number of aryl methyl sites for hydroxylation is 1. The minimum atomic E-state index is 0.488. The van der Waals surface area contributed by atoms with Crippen molar-refractivity contribution in [3.63, 3.8) is 0 Å². The summed E-state index contributed by atoms with van der Waals surface area (Å²) in [5.41, 5.74) is 9.79. The third-order valence-electron chi connectivity index (χ3n) is 1.96. The average Bonchev–Trinajstić information content (AvgIpc) is 2.01. The van der Waals surface area contributed by atoms with Crippen molar-refractivity contribution in [3.05, 3.63) is 23.3 Å². The fourth-order valence-electron chi connectivity index (χ4n) is 1.43. The van der Waals surface area contributed by atoms with Crippen LogP contribution in [0.4, 0.5) is 11.4 Å². The van der Waals surface area contributed by atoms with Crippen LogP contribution >= 0.6 is 0 Å². The van der Waals surface area contributed by atoms with Crippen molar-refractivity contribution in [1.82, 2.24) is 0 Å². The van der Waals surface area contributed by atoms with Crippen LogP contribution in [0.5, 0.6) is 0 Å². The molecule has 1 rings (SSSR count). The Morgan fingerprint density at radius 1 is 1.46 bits per heavy atom. The normalized spacial score (nSPS) is 9.77. The molecule has 70 valence electrons.